The summed E-state index contributed by atoms with van der Waals surface area (Å²) in [5, 5.41) is 12.0. The molecule has 3 rings (SSSR count). The van der Waals surface area contributed by atoms with E-state index in [0.717, 1.165) is 4.57 Å². The number of hydrogen-bond donors (Lipinski definition) is 1. The van der Waals surface area contributed by atoms with Gasteiger partial charge in [0.2, 0.25) is 6.61 Å². The second kappa shape index (κ2) is 6.97. The molecule has 0 bridgehead atoms. The van der Waals surface area contributed by atoms with Crippen LogP contribution in [0.15, 0.2) is 51.3 Å². The minimum absolute atomic E-state index is 0.0295. The molecule has 10 nitrogen and oxygen atoms in total. The normalized spacial score (nSPS) is 11.1. The van der Waals surface area contributed by atoms with Gasteiger partial charge < -0.3 is 14.5 Å². The van der Waals surface area contributed by atoms with Crippen molar-refractivity contribution < 1.29 is 14.7 Å². The summed E-state index contributed by atoms with van der Waals surface area (Å²) in [6.07, 6.45) is 2.65. The van der Waals surface area contributed by atoms with Gasteiger partial charge in [0, 0.05) is 13.2 Å². The van der Waals surface area contributed by atoms with Crippen LogP contribution in [0.3, 0.4) is 0 Å². The first-order valence-electron chi connectivity index (χ1n) is 7.40. The molecule has 0 saturated carbocycles. The van der Waals surface area contributed by atoms with Crippen molar-refractivity contribution in [3.63, 3.8) is 0 Å². The Balaban J connectivity index is 2.12. The van der Waals surface area contributed by atoms with E-state index in [4.69, 9.17) is 5.11 Å². The van der Waals surface area contributed by atoms with E-state index in [1.807, 2.05) is 0 Å². The number of oxime groups is 1. The molecule has 1 N–H and O–H groups in total. The van der Waals surface area contributed by atoms with E-state index in [-0.39, 0.29) is 17.2 Å². The van der Waals surface area contributed by atoms with E-state index in [1.165, 1.54) is 17.0 Å². The number of carbonyl (C=O) groups is 1. The molecule has 1 aromatic carbocycles. The van der Waals surface area contributed by atoms with Crippen LogP contribution in [0.2, 0.25) is 0 Å². The summed E-state index contributed by atoms with van der Waals surface area (Å²) < 4.78 is 2.39. The molecule has 2 heterocycles. The quantitative estimate of drug-likeness (QED) is 0.498. The lowest BCUT2D eigenvalue weighted by Crippen LogP contribution is -2.37. The number of hydrogen-bond acceptors (Lipinski definition) is 7. The minimum atomic E-state index is -1.17. The standard InChI is InChI=1S/C16H13N5O5/c1-20-8-10(7-17-26-9-12(22)23)18-13-14(20)19-16(25)21(15(13)24)11-5-3-2-4-6-11/h2-8H,9H2,1H3,(H,22,23)/b17-7+. The summed E-state index contributed by atoms with van der Waals surface area (Å²) in [7, 11) is 1.60. The van der Waals surface area contributed by atoms with Crippen LogP contribution in [-0.2, 0) is 16.7 Å². The molecule has 0 fully saturated rings. The molecule has 1 aromatic rings. The zero-order valence-corrected chi connectivity index (χ0v) is 13.6. The molecule has 132 valence electrons. The number of aliphatic carboxylic acids is 1. The number of nitrogens with zero attached hydrogens (tertiary/aromatic N) is 5. The third-order valence-corrected chi connectivity index (χ3v) is 3.37. The maximum atomic E-state index is 12.8. The number of para-hydroxylation sites is 1. The van der Waals surface area contributed by atoms with Gasteiger partial charge in [-0.1, -0.05) is 23.4 Å². The van der Waals surface area contributed by atoms with Gasteiger partial charge in [0.1, 0.15) is 5.69 Å². The largest absolute Gasteiger partial charge is 0.479 e. The summed E-state index contributed by atoms with van der Waals surface area (Å²) in [6.45, 7) is -0.599. The average molecular weight is 355 g/mol. The molecule has 0 amide bonds. The second-order valence-corrected chi connectivity index (χ2v) is 5.22. The Kier molecular flexibility index (Phi) is 4.56. The molecule has 0 aliphatic carbocycles. The first-order valence-corrected chi connectivity index (χ1v) is 7.40. The van der Waals surface area contributed by atoms with Crippen LogP contribution in [0, 0.1) is 0 Å². The van der Waals surface area contributed by atoms with Crippen LogP contribution in [-0.4, -0.2) is 43.0 Å². The van der Waals surface area contributed by atoms with Gasteiger partial charge in [-0.05, 0) is 12.1 Å². The highest BCUT2D eigenvalue weighted by Crippen LogP contribution is 2.11. The molecule has 0 aromatic heterocycles. The average Bonchev–Trinajstić information content (AvgIpc) is 2.61. The zero-order valence-electron chi connectivity index (χ0n) is 13.6. The van der Waals surface area contributed by atoms with E-state index in [1.54, 1.807) is 37.4 Å². The fraction of sp³-hybridized carbons (Fsp3) is 0.125. The molecule has 0 atom stereocenters. The van der Waals surface area contributed by atoms with Crippen molar-refractivity contribution in [2.75, 3.05) is 6.61 Å². The molecule has 0 spiro atoms. The van der Waals surface area contributed by atoms with Crippen molar-refractivity contribution in [2.24, 2.45) is 12.2 Å². The number of carboxylic acid groups (broad SMARTS) is 1. The van der Waals surface area contributed by atoms with E-state index in [0.29, 0.717) is 5.69 Å². The maximum Gasteiger partial charge on any atom is 0.357 e. The van der Waals surface area contributed by atoms with Gasteiger partial charge in [-0.15, -0.1) is 0 Å². The van der Waals surface area contributed by atoms with E-state index < -0.39 is 23.8 Å². The van der Waals surface area contributed by atoms with Crippen molar-refractivity contribution >= 4 is 12.2 Å². The van der Waals surface area contributed by atoms with Crippen LogP contribution < -0.4 is 11.2 Å². The minimum Gasteiger partial charge on any atom is -0.479 e. The van der Waals surface area contributed by atoms with E-state index in [2.05, 4.69) is 20.0 Å². The Morgan fingerprint density at radius 2 is 2.00 bits per heavy atom. The molecule has 2 aliphatic heterocycles. The highest BCUT2D eigenvalue weighted by atomic mass is 16.6. The highest BCUT2D eigenvalue weighted by molar-refractivity contribution is 5.77. The summed E-state index contributed by atoms with van der Waals surface area (Å²) >= 11 is 0. The zero-order chi connectivity index (χ0) is 18.7. The van der Waals surface area contributed by atoms with Crippen molar-refractivity contribution in [1.29, 1.82) is 0 Å². The van der Waals surface area contributed by atoms with Gasteiger partial charge in [-0.25, -0.2) is 19.1 Å². The molecular weight excluding hydrogens is 342 g/mol. The smallest absolute Gasteiger partial charge is 0.357 e. The van der Waals surface area contributed by atoms with Crippen LogP contribution >= 0.6 is 0 Å². The maximum absolute atomic E-state index is 12.8. The van der Waals surface area contributed by atoms with Gasteiger partial charge in [0.05, 0.1) is 11.9 Å². The summed E-state index contributed by atoms with van der Waals surface area (Å²) in [6, 6.07) is 8.38. The lowest BCUT2D eigenvalue weighted by molar-refractivity contribution is -0.142. The Morgan fingerprint density at radius 3 is 2.69 bits per heavy atom. The first-order chi connectivity index (χ1) is 12.5. The van der Waals surface area contributed by atoms with Crippen molar-refractivity contribution in [2.45, 2.75) is 0 Å². The number of carboxylic acids is 1. The Hall–Kier alpha value is -3.82. The lowest BCUT2D eigenvalue weighted by Gasteiger charge is -2.12. The topological polar surface area (TPSA) is 129 Å². The van der Waals surface area contributed by atoms with Gasteiger partial charge in [-0.3, -0.25) is 4.79 Å². The van der Waals surface area contributed by atoms with Gasteiger partial charge in [0.25, 0.3) is 5.56 Å². The molecule has 0 unspecified atom stereocenters. The summed E-state index contributed by atoms with van der Waals surface area (Å²) in [5.41, 5.74) is -0.744. The van der Waals surface area contributed by atoms with Crippen molar-refractivity contribution in [3.8, 4) is 17.2 Å². The third kappa shape index (κ3) is 3.34. The Morgan fingerprint density at radius 1 is 1.27 bits per heavy atom. The summed E-state index contributed by atoms with van der Waals surface area (Å²) in [4.78, 5) is 48.1. The molecule has 0 radical (unpaired) electrons. The predicted molar refractivity (Wildman–Crippen MR) is 90.7 cm³/mol. The lowest BCUT2D eigenvalue weighted by atomic mass is 10.3. The third-order valence-electron chi connectivity index (χ3n) is 3.37. The monoisotopic (exact) mass is 355 g/mol. The number of aryl methyl sites for hydroxylation is 1. The van der Waals surface area contributed by atoms with Gasteiger partial charge >= 0.3 is 11.7 Å². The number of rotatable bonds is 5. The van der Waals surface area contributed by atoms with Crippen LogP contribution in [0.1, 0.15) is 5.69 Å². The Bertz CT molecular complexity index is 1070. The second-order valence-electron chi connectivity index (χ2n) is 5.22. The van der Waals surface area contributed by atoms with Crippen molar-refractivity contribution in [1.82, 2.24) is 19.1 Å². The number of aromatic nitrogens is 4. The van der Waals surface area contributed by atoms with Crippen LogP contribution in [0.5, 0.6) is 0 Å². The fourth-order valence-electron chi connectivity index (χ4n) is 2.29. The van der Waals surface area contributed by atoms with Crippen molar-refractivity contribution in [3.05, 3.63) is 63.1 Å². The van der Waals surface area contributed by atoms with Crippen LogP contribution in [0.25, 0.3) is 17.2 Å². The SMILES string of the molecule is Cn1cc(/C=N/OCC(=O)O)nc2c(=O)n(-c3ccccc3)c(=O)nc1-2. The molecule has 0 saturated heterocycles. The van der Waals surface area contributed by atoms with E-state index >= 15 is 0 Å². The highest BCUT2D eigenvalue weighted by Gasteiger charge is 2.19. The first kappa shape index (κ1) is 17.0. The molecule has 26 heavy (non-hydrogen) atoms. The fourth-order valence-corrected chi connectivity index (χ4v) is 2.29. The van der Waals surface area contributed by atoms with Gasteiger partial charge in [-0.2, -0.15) is 4.98 Å². The van der Waals surface area contributed by atoms with E-state index in [9.17, 15) is 14.4 Å². The number of benzene rings is 1. The molecule has 2 aliphatic rings. The Labute approximate surface area is 146 Å². The summed E-state index contributed by atoms with van der Waals surface area (Å²) in [5.74, 6) is -1.05. The molecule has 10 heteroatoms. The van der Waals surface area contributed by atoms with Crippen LogP contribution in [0.4, 0.5) is 0 Å². The number of fused-ring (bicyclic) bond motifs is 1. The van der Waals surface area contributed by atoms with Gasteiger partial charge in [0.15, 0.2) is 11.5 Å². The predicted octanol–water partition coefficient (Wildman–Crippen LogP) is -0.134. The molecular formula is C16H13N5O5.